The zero-order chi connectivity index (χ0) is 10.2. The highest BCUT2D eigenvalue weighted by atomic mass is 79.9. The predicted octanol–water partition coefficient (Wildman–Crippen LogP) is 2.10. The molecule has 5 heteroatoms. The molecular formula is C8H11BrN2O2. The third-order valence-electron chi connectivity index (χ3n) is 1.60. The number of carbonyl (C=O) groups is 1. The van der Waals surface area contributed by atoms with Crippen LogP contribution in [0.2, 0.25) is 0 Å². The maximum atomic E-state index is 10.6. The van der Waals surface area contributed by atoms with E-state index in [4.69, 9.17) is 5.11 Å². The Morgan fingerprint density at radius 2 is 2.15 bits per heavy atom. The molecule has 0 saturated carbocycles. The summed E-state index contributed by atoms with van der Waals surface area (Å²) in [6.45, 7) is 5.93. The fraction of sp³-hybridized carbons (Fsp3) is 0.500. The molecule has 0 atom stereocenters. The molecule has 1 aromatic heterocycles. The lowest BCUT2D eigenvalue weighted by atomic mass is 10.1. The van der Waals surface area contributed by atoms with Crippen molar-refractivity contribution in [2.75, 3.05) is 0 Å². The van der Waals surface area contributed by atoms with Crippen molar-refractivity contribution >= 4 is 21.9 Å². The van der Waals surface area contributed by atoms with E-state index in [1.807, 2.05) is 20.8 Å². The molecule has 0 aliphatic rings. The Labute approximate surface area is 84.7 Å². The van der Waals surface area contributed by atoms with Gasteiger partial charge in [-0.05, 0) is 36.7 Å². The Bertz CT molecular complexity index is 338. The molecule has 0 spiro atoms. The van der Waals surface area contributed by atoms with E-state index in [0.29, 0.717) is 4.73 Å². The van der Waals surface area contributed by atoms with Crippen molar-refractivity contribution in [3.63, 3.8) is 0 Å². The summed E-state index contributed by atoms with van der Waals surface area (Å²) in [6.07, 6.45) is 1.52. The molecule has 0 fully saturated rings. The van der Waals surface area contributed by atoms with Gasteiger partial charge in [0.25, 0.3) is 0 Å². The van der Waals surface area contributed by atoms with Gasteiger partial charge in [-0.3, -0.25) is 0 Å². The number of rotatable bonds is 1. The topological polar surface area (TPSA) is 55.1 Å². The summed E-state index contributed by atoms with van der Waals surface area (Å²) >= 11 is 3.21. The van der Waals surface area contributed by atoms with E-state index >= 15 is 0 Å². The minimum atomic E-state index is -1.01. The van der Waals surface area contributed by atoms with Crippen molar-refractivity contribution in [2.24, 2.45) is 0 Å². The number of hydrogen-bond donors (Lipinski definition) is 1. The fourth-order valence-corrected chi connectivity index (χ4v) is 1.76. The molecule has 1 aromatic rings. The van der Waals surface area contributed by atoms with Crippen LogP contribution in [-0.4, -0.2) is 20.6 Å². The van der Waals surface area contributed by atoms with Gasteiger partial charge < -0.3 is 9.67 Å². The van der Waals surface area contributed by atoms with Crippen LogP contribution in [0, 0.1) is 0 Å². The third kappa shape index (κ3) is 2.09. The van der Waals surface area contributed by atoms with Gasteiger partial charge in [0, 0.05) is 11.7 Å². The molecule has 1 heterocycles. The van der Waals surface area contributed by atoms with E-state index in [9.17, 15) is 4.79 Å². The van der Waals surface area contributed by atoms with Gasteiger partial charge in [-0.1, -0.05) is 0 Å². The van der Waals surface area contributed by atoms with Crippen molar-refractivity contribution in [2.45, 2.75) is 26.3 Å². The lowest BCUT2D eigenvalue weighted by Crippen LogP contribution is -2.21. The summed E-state index contributed by atoms with van der Waals surface area (Å²) in [5.41, 5.74) is -0.110. The van der Waals surface area contributed by atoms with E-state index in [2.05, 4.69) is 20.9 Å². The molecule has 1 N–H and O–H groups in total. The van der Waals surface area contributed by atoms with Gasteiger partial charge in [0.1, 0.15) is 0 Å². The zero-order valence-corrected chi connectivity index (χ0v) is 9.29. The van der Waals surface area contributed by atoms with Crippen molar-refractivity contribution in [1.82, 2.24) is 9.55 Å². The average molecular weight is 247 g/mol. The molecule has 13 heavy (non-hydrogen) atoms. The van der Waals surface area contributed by atoms with Gasteiger partial charge in [0.2, 0.25) is 0 Å². The first kappa shape index (κ1) is 10.2. The number of hydrogen-bond acceptors (Lipinski definition) is 2. The molecule has 1 rings (SSSR count). The largest absolute Gasteiger partial charge is 0.476 e. The first-order chi connectivity index (χ1) is 5.82. The smallest absolute Gasteiger partial charge is 0.356 e. The monoisotopic (exact) mass is 246 g/mol. The number of imidazole rings is 1. The quantitative estimate of drug-likeness (QED) is 0.826. The van der Waals surface area contributed by atoms with E-state index in [0.717, 1.165) is 0 Å². The van der Waals surface area contributed by atoms with Gasteiger partial charge in [-0.2, -0.15) is 0 Å². The number of carboxylic acids is 1. The molecule has 0 bridgehead atoms. The van der Waals surface area contributed by atoms with Crippen LogP contribution in [0.3, 0.4) is 0 Å². The Morgan fingerprint density at radius 3 is 2.38 bits per heavy atom. The molecule has 72 valence electrons. The minimum Gasteiger partial charge on any atom is -0.476 e. The molecule has 0 unspecified atom stereocenters. The highest BCUT2D eigenvalue weighted by Gasteiger charge is 2.19. The second-order valence-electron chi connectivity index (χ2n) is 3.74. The summed E-state index contributed by atoms with van der Waals surface area (Å²) in [7, 11) is 0. The van der Waals surface area contributed by atoms with E-state index < -0.39 is 5.97 Å². The molecular weight excluding hydrogens is 236 g/mol. The minimum absolute atomic E-state index is 0.0572. The number of halogens is 1. The van der Waals surface area contributed by atoms with Gasteiger partial charge in [-0.15, -0.1) is 0 Å². The van der Waals surface area contributed by atoms with Gasteiger partial charge in [-0.25, -0.2) is 9.78 Å². The maximum absolute atomic E-state index is 10.6. The zero-order valence-electron chi connectivity index (χ0n) is 7.71. The van der Waals surface area contributed by atoms with Gasteiger partial charge in [0.05, 0.1) is 0 Å². The Kier molecular flexibility index (Phi) is 2.47. The van der Waals surface area contributed by atoms with Crippen LogP contribution in [0.25, 0.3) is 0 Å². The lowest BCUT2D eigenvalue weighted by molar-refractivity contribution is 0.0691. The average Bonchev–Trinajstić information content (AvgIpc) is 2.29. The molecule has 4 nitrogen and oxygen atoms in total. The normalized spacial score (nSPS) is 11.7. The van der Waals surface area contributed by atoms with Crippen molar-refractivity contribution in [1.29, 1.82) is 0 Å². The third-order valence-corrected chi connectivity index (χ3v) is 2.16. The lowest BCUT2D eigenvalue weighted by Gasteiger charge is -2.21. The van der Waals surface area contributed by atoms with E-state index in [-0.39, 0.29) is 11.2 Å². The number of nitrogens with zero attached hydrogens (tertiary/aromatic N) is 2. The molecule has 0 aliphatic heterocycles. The molecule has 0 radical (unpaired) electrons. The summed E-state index contributed by atoms with van der Waals surface area (Å²) in [5, 5.41) is 8.69. The van der Waals surface area contributed by atoms with Crippen LogP contribution < -0.4 is 0 Å². The highest BCUT2D eigenvalue weighted by Crippen LogP contribution is 2.21. The van der Waals surface area contributed by atoms with Crippen molar-refractivity contribution < 1.29 is 9.90 Å². The summed E-state index contributed by atoms with van der Waals surface area (Å²) in [6, 6.07) is 0. The fourth-order valence-electron chi connectivity index (χ4n) is 0.931. The standard InChI is InChI=1S/C8H11BrN2O2/c1-8(2,3)11-4-5(6(12)13)10-7(11)9/h4H,1-3H3,(H,12,13). The first-order valence-corrected chi connectivity index (χ1v) is 4.60. The van der Waals surface area contributed by atoms with Crippen LogP contribution in [0.15, 0.2) is 10.9 Å². The number of aromatic nitrogens is 2. The Balaban J connectivity index is 3.18. The van der Waals surface area contributed by atoms with Crippen LogP contribution in [0.1, 0.15) is 31.3 Å². The van der Waals surface area contributed by atoms with Crippen LogP contribution in [-0.2, 0) is 5.54 Å². The van der Waals surface area contributed by atoms with E-state index in [1.165, 1.54) is 6.20 Å². The second-order valence-corrected chi connectivity index (χ2v) is 4.45. The first-order valence-electron chi connectivity index (χ1n) is 3.81. The van der Waals surface area contributed by atoms with Crippen molar-refractivity contribution in [3.8, 4) is 0 Å². The summed E-state index contributed by atoms with van der Waals surface area (Å²) < 4.78 is 2.31. The maximum Gasteiger partial charge on any atom is 0.356 e. The van der Waals surface area contributed by atoms with Crippen molar-refractivity contribution in [3.05, 3.63) is 16.6 Å². The highest BCUT2D eigenvalue weighted by molar-refractivity contribution is 9.10. The Hall–Kier alpha value is -0.840. The van der Waals surface area contributed by atoms with Gasteiger partial charge >= 0.3 is 5.97 Å². The SMILES string of the molecule is CC(C)(C)n1cc(C(=O)O)nc1Br. The molecule has 0 aliphatic carbocycles. The molecule has 0 amide bonds. The van der Waals surface area contributed by atoms with Crippen LogP contribution in [0.5, 0.6) is 0 Å². The molecule has 0 aromatic carbocycles. The summed E-state index contributed by atoms with van der Waals surface area (Å²) in [4.78, 5) is 14.5. The van der Waals surface area contributed by atoms with Crippen LogP contribution >= 0.6 is 15.9 Å². The molecule has 0 saturated heterocycles. The Morgan fingerprint density at radius 1 is 1.62 bits per heavy atom. The van der Waals surface area contributed by atoms with E-state index in [1.54, 1.807) is 4.57 Å². The van der Waals surface area contributed by atoms with Gasteiger partial charge in [0.15, 0.2) is 10.4 Å². The number of carboxylic acid groups (broad SMARTS) is 1. The number of aromatic carboxylic acids is 1. The van der Waals surface area contributed by atoms with Crippen LogP contribution in [0.4, 0.5) is 0 Å². The summed E-state index contributed by atoms with van der Waals surface area (Å²) in [5.74, 6) is -1.01. The second kappa shape index (κ2) is 3.14. The predicted molar refractivity (Wildman–Crippen MR) is 51.9 cm³/mol.